The Balaban J connectivity index is 1.95. The van der Waals surface area contributed by atoms with Gasteiger partial charge in [-0.15, -0.1) is 0 Å². The predicted molar refractivity (Wildman–Crippen MR) is 105 cm³/mol. The molecule has 1 aromatic heterocycles. The Labute approximate surface area is 157 Å². The molecule has 140 valence electrons. The van der Waals surface area contributed by atoms with E-state index in [9.17, 15) is 4.79 Å². The van der Waals surface area contributed by atoms with Gasteiger partial charge in [-0.2, -0.15) is 0 Å². The van der Waals surface area contributed by atoms with Crippen LogP contribution in [0.25, 0.3) is 0 Å². The molecule has 1 amide bonds. The number of carbonyl (C=O) groups is 1. The first-order chi connectivity index (χ1) is 12.5. The number of aryl methyl sites for hydroxylation is 2. The molecular formula is C22H31N3O. The number of carbonyl (C=O) groups excluding carboxylic acids is 1. The van der Waals surface area contributed by atoms with Crippen LogP contribution in [0.4, 0.5) is 0 Å². The van der Waals surface area contributed by atoms with Crippen molar-refractivity contribution in [3.8, 4) is 0 Å². The van der Waals surface area contributed by atoms with E-state index in [-0.39, 0.29) is 11.8 Å². The number of hydrogen-bond acceptors (Lipinski definition) is 2. The molecule has 0 radical (unpaired) electrons. The summed E-state index contributed by atoms with van der Waals surface area (Å²) in [5, 5.41) is 3.09. The lowest BCUT2D eigenvalue weighted by atomic mass is 9.88. The monoisotopic (exact) mass is 353 g/mol. The number of aromatic nitrogens is 2. The Hall–Kier alpha value is -2.10. The maximum atomic E-state index is 12.6. The number of amides is 1. The standard InChI is InChI=1S/C22H31N3O/c1-15(2)13-24-22(26)12-19(18-10-6-5-8-16(18)3)20-14-23-21-11-7-9-17(4)25(20)21/h5-6,8,10,14-15,17,19H,7,9,11-13H2,1-4H3,(H,24,26)/t17-,19+/m1/s1. The van der Waals surface area contributed by atoms with Crippen molar-refractivity contribution in [1.82, 2.24) is 14.9 Å². The number of fused-ring (bicyclic) bond motifs is 1. The van der Waals surface area contributed by atoms with E-state index in [1.807, 2.05) is 6.20 Å². The van der Waals surface area contributed by atoms with E-state index in [1.165, 1.54) is 35.5 Å². The van der Waals surface area contributed by atoms with Gasteiger partial charge < -0.3 is 9.88 Å². The first-order valence-corrected chi connectivity index (χ1v) is 9.85. The van der Waals surface area contributed by atoms with Crippen molar-refractivity contribution in [2.45, 2.75) is 65.3 Å². The van der Waals surface area contributed by atoms with Crippen LogP contribution in [0.3, 0.4) is 0 Å². The summed E-state index contributed by atoms with van der Waals surface area (Å²) in [5.74, 6) is 1.79. The Morgan fingerprint density at radius 3 is 2.85 bits per heavy atom. The third kappa shape index (κ3) is 4.00. The molecule has 4 nitrogen and oxygen atoms in total. The smallest absolute Gasteiger partial charge is 0.221 e. The molecule has 4 heteroatoms. The molecule has 0 aliphatic carbocycles. The van der Waals surface area contributed by atoms with Crippen molar-refractivity contribution in [3.63, 3.8) is 0 Å². The molecule has 1 aromatic carbocycles. The zero-order chi connectivity index (χ0) is 18.7. The summed E-state index contributed by atoms with van der Waals surface area (Å²) in [6.07, 6.45) is 5.88. The molecule has 0 saturated carbocycles. The van der Waals surface area contributed by atoms with Crippen molar-refractivity contribution < 1.29 is 4.79 Å². The van der Waals surface area contributed by atoms with Crippen molar-refractivity contribution in [2.24, 2.45) is 5.92 Å². The molecule has 2 heterocycles. The second kappa shape index (κ2) is 8.07. The van der Waals surface area contributed by atoms with E-state index >= 15 is 0 Å². The van der Waals surface area contributed by atoms with Crippen LogP contribution in [-0.2, 0) is 11.2 Å². The highest BCUT2D eigenvalue weighted by atomic mass is 16.1. The molecule has 0 unspecified atom stereocenters. The SMILES string of the molecule is Cc1ccccc1[C@H](CC(=O)NCC(C)C)c1cnc2n1[C@H](C)CCC2. The maximum absolute atomic E-state index is 12.6. The quantitative estimate of drug-likeness (QED) is 0.837. The Morgan fingerprint density at radius 2 is 2.12 bits per heavy atom. The maximum Gasteiger partial charge on any atom is 0.221 e. The van der Waals surface area contributed by atoms with Gasteiger partial charge in [0.15, 0.2) is 0 Å². The number of imidazole rings is 1. The van der Waals surface area contributed by atoms with E-state index in [0.29, 0.717) is 18.4 Å². The highest BCUT2D eigenvalue weighted by Crippen LogP contribution is 2.35. The van der Waals surface area contributed by atoms with Gasteiger partial charge >= 0.3 is 0 Å². The van der Waals surface area contributed by atoms with Crippen LogP contribution >= 0.6 is 0 Å². The van der Waals surface area contributed by atoms with Crippen LogP contribution in [0.5, 0.6) is 0 Å². The molecule has 26 heavy (non-hydrogen) atoms. The summed E-state index contributed by atoms with van der Waals surface area (Å²) < 4.78 is 2.39. The molecule has 1 aliphatic heterocycles. The fraction of sp³-hybridized carbons (Fsp3) is 0.545. The molecular weight excluding hydrogens is 322 g/mol. The van der Waals surface area contributed by atoms with Gasteiger partial charge in [-0.3, -0.25) is 4.79 Å². The third-order valence-corrected chi connectivity index (χ3v) is 5.38. The molecule has 0 spiro atoms. The van der Waals surface area contributed by atoms with Crippen LogP contribution in [0.15, 0.2) is 30.5 Å². The number of rotatable bonds is 6. The lowest BCUT2D eigenvalue weighted by molar-refractivity contribution is -0.121. The minimum absolute atomic E-state index is 0.0464. The van der Waals surface area contributed by atoms with Crippen LogP contribution in [0, 0.1) is 12.8 Å². The van der Waals surface area contributed by atoms with E-state index in [0.717, 1.165) is 13.0 Å². The van der Waals surface area contributed by atoms with Crippen LogP contribution in [0.2, 0.25) is 0 Å². The zero-order valence-electron chi connectivity index (χ0n) is 16.5. The summed E-state index contributed by atoms with van der Waals surface area (Å²) in [6, 6.07) is 8.86. The number of benzene rings is 1. The molecule has 0 saturated heterocycles. The Bertz CT molecular complexity index is 762. The molecule has 2 atom stereocenters. The minimum atomic E-state index is 0.0464. The predicted octanol–water partition coefficient (Wildman–Crippen LogP) is 4.38. The fourth-order valence-electron chi connectivity index (χ4n) is 3.98. The highest BCUT2D eigenvalue weighted by Gasteiger charge is 2.28. The van der Waals surface area contributed by atoms with Gasteiger partial charge in [0.2, 0.25) is 5.91 Å². The van der Waals surface area contributed by atoms with E-state index < -0.39 is 0 Å². The largest absolute Gasteiger partial charge is 0.356 e. The summed E-state index contributed by atoms with van der Waals surface area (Å²) >= 11 is 0. The first kappa shape index (κ1) is 18.7. The number of nitrogens with zero attached hydrogens (tertiary/aromatic N) is 2. The average Bonchev–Trinajstić information content (AvgIpc) is 3.04. The van der Waals surface area contributed by atoms with Gasteiger partial charge in [0.05, 0.1) is 0 Å². The fourth-order valence-corrected chi connectivity index (χ4v) is 3.98. The van der Waals surface area contributed by atoms with Gasteiger partial charge in [-0.05, 0) is 43.7 Å². The van der Waals surface area contributed by atoms with E-state index in [2.05, 4.69) is 61.8 Å². The van der Waals surface area contributed by atoms with Crippen LogP contribution < -0.4 is 5.32 Å². The van der Waals surface area contributed by atoms with Gasteiger partial charge in [0.25, 0.3) is 0 Å². The van der Waals surface area contributed by atoms with Gasteiger partial charge in [0, 0.05) is 43.2 Å². The molecule has 0 fully saturated rings. The van der Waals surface area contributed by atoms with Gasteiger partial charge in [-0.1, -0.05) is 38.1 Å². The van der Waals surface area contributed by atoms with Crippen LogP contribution in [-0.4, -0.2) is 22.0 Å². The Morgan fingerprint density at radius 1 is 1.35 bits per heavy atom. The van der Waals surface area contributed by atoms with Gasteiger partial charge in [-0.25, -0.2) is 4.98 Å². The zero-order valence-corrected chi connectivity index (χ0v) is 16.5. The molecule has 1 N–H and O–H groups in total. The van der Waals surface area contributed by atoms with Crippen molar-refractivity contribution in [1.29, 1.82) is 0 Å². The normalized spacial score (nSPS) is 17.8. The summed E-state index contributed by atoms with van der Waals surface area (Å²) in [6.45, 7) is 9.36. The van der Waals surface area contributed by atoms with Crippen LogP contribution in [0.1, 0.15) is 74.6 Å². The second-order valence-electron chi connectivity index (χ2n) is 8.02. The number of hydrogen-bond donors (Lipinski definition) is 1. The third-order valence-electron chi connectivity index (χ3n) is 5.38. The van der Waals surface area contributed by atoms with Crippen molar-refractivity contribution in [3.05, 3.63) is 53.1 Å². The lowest BCUT2D eigenvalue weighted by Gasteiger charge is -2.28. The van der Waals surface area contributed by atoms with Gasteiger partial charge in [0.1, 0.15) is 5.82 Å². The number of nitrogens with one attached hydrogen (secondary N) is 1. The molecule has 1 aliphatic rings. The average molecular weight is 354 g/mol. The van der Waals surface area contributed by atoms with Crippen molar-refractivity contribution >= 4 is 5.91 Å². The Kier molecular flexibility index (Phi) is 5.80. The summed E-state index contributed by atoms with van der Waals surface area (Å²) in [7, 11) is 0. The highest BCUT2D eigenvalue weighted by molar-refractivity contribution is 5.77. The van der Waals surface area contributed by atoms with E-state index in [1.54, 1.807) is 0 Å². The topological polar surface area (TPSA) is 46.9 Å². The summed E-state index contributed by atoms with van der Waals surface area (Å²) in [5.41, 5.74) is 3.64. The first-order valence-electron chi connectivity index (χ1n) is 9.85. The summed E-state index contributed by atoms with van der Waals surface area (Å²) in [4.78, 5) is 17.3. The molecule has 2 aromatic rings. The van der Waals surface area contributed by atoms with E-state index in [4.69, 9.17) is 4.98 Å². The lowest BCUT2D eigenvalue weighted by Crippen LogP contribution is -2.30. The second-order valence-corrected chi connectivity index (χ2v) is 8.02. The van der Waals surface area contributed by atoms with Crippen molar-refractivity contribution in [2.75, 3.05) is 6.54 Å². The molecule has 3 rings (SSSR count). The molecule has 0 bridgehead atoms. The minimum Gasteiger partial charge on any atom is -0.356 e.